The summed E-state index contributed by atoms with van der Waals surface area (Å²) >= 11 is 0. The Kier molecular flexibility index (Phi) is 10.8. The first-order valence-corrected chi connectivity index (χ1v) is 14.0. The van der Waals surface area contributed by atoms with Crippen molar-refractivity contribution in [1.29, 1.82) is 0 Å². The Balaban J connectivity index is 1.35. The predicted molar refractivity (Wildman–Crippen MR) is 155 cm³/mol. The Morgan fingerprint density at radius 2 is 1.03 bits per heavy atom. The van der Waals surface area contributed by atoms with Gasteiger partial charge >= 0.3 is 0 Å². The average Bonchev–Trinajstić information content (AvgIpc) is 2.98. The van der Waals surface area contributed by atoms with E-state index in [-0.39, 0.29) is 0 Å². The van der Waals surface area contributed by atoms with Crippen molar-refractivity contribution in [2.45, 2.75) is 70.8 Å². The van der Waals surface area contributed by atoms with Crippen LogP contribution in [-0.4, -0.2) is 32.8 Å². The van der Waals surface area contributed by atoms with Crippen molar-refractivity contribution >= 4 is 0 Å². The molecule has 0 aliphatic rings. The summed E-state index contributed by atoms with van der Waals surface area (Å²) in [6.45, 7) is 2.55. The molecule has 38 heavy (non-hydrogen) atoms. The van der Waals surface area contributed by atoms with Crippen molar-refractivity contribution in [1.82, 2.24) is 15.0 Å². The number of aliphatic hydroxyl groups is 1. The van der Waals surface area contributed by atoms with Crippen LogP contribution in [0.15, 0.2) is 84.9 Å². The molecular weight excluding hydrogens is 470 g/mol. The molecule has 0 saturated heterocycles. The van der Waals surface area contributed by atoms with Gasteiger partial charge in [-0.05, 0) is 30.7 Å². The van der Waals surface area contributed by atoms with Crippen molar-refractivity contribution in [3.05, 3.63) is 84.9 Å². The molecule has 4 aromatic rings. The van der Waals surface area contributed by atoms with Gasteiger partial charge in [0.25, 0.3) is 0 Å². The second-order valence-corrected chi connectivity index (χ2v) is 9.79. The SMILES string of the molecule is CCCCCCCCCCC(O)COc1ccc(-c2nc(-c3ccccc3)nc(-c3ccccc3)n2)cc1. The maximum absolute atomic E-state index is 10.3. The van der Waals surface area contributed by atoms with Crippen LogP contribution in [0.4, 0.5) is 0 Å². The van der Waals surface area contributed by atoms with E-state index in [1.807, 2.05) is 84.9 Å². The lowest BCUT2D eigenvalue weighted by atomic mass is 10.1. The van der Waals surface area contributed by atoms with Crippen molar-refractivity contribution < 1.29 is 9.84 Å². The summed E-state index contributed by atoms with van der Waals surface area (Å²) in [5.41, 5.74) is 2.77. The van der Waals surface area contributed by atoms with Gasteiger partial charge in [-0.1, -0.05) is 119 Å². The van der Waals surface area contributed by atoms with Crippen LogP contribution < -0.4 is 4.74 Å². The second kappa shape index (κ2) is 15.0. The van der Waals surface area contributed by atoms with Gasteiger partial charge in [0.2, 0.25) is 0 Å². The summed E-state index contributed by atoms with van der Waals surface area (Å²) in [4.78, 5) is 14.3. The highest BCUT2D eigenvalue weighted by molar-refractivity contribution is 5.66. The minimum Gasteiger partial charge on any atom is -0.491 e. The fraction of sp³-hybridized carbons (Fsp3) is 0.364. The van der Waals surface area contributed by atoms with Crippen LogP contribution in [0.25, 0.3) is 34.2 Å². The number of aromatic nitrogens is 3. The summed E-state index contributed by atoms with van der Waals surface area (Å²) in [5.74, 6) is 2.61. The molecule has 1 aromatic heterocycles. The van der Waals surface area contributed by atoms with E-state index in [4.69, 9.17) is 19.7 Å². The first-order valence-electron chi connectivity index (χ1n) is 14.0. The van der Waals surface area contributed by atoms with Crippen molar-refractivity contribution in [2.75, 3.05) is 6.61 Å². The smallest absolute Gasteiger partial charge is 0.164 e. The predicted octanol–water partition coefficient (Wildman–Crippen LogP) is 8.14. The molecule has 0 radical (unpaired) electrons. The molecule has 4 rings (SSSR count). The van der Waals surface area contributed by atoms with Crippen LogP contribution >= 0.6 is 0 Å². The third-order valence-electron chi connectivity index (χ3n) is 6.65. The first kappa shape index (κ1) is 27.5. The van der Waals surface area contributed by atoms with Gasteiger partial charge in [0.05, 0.1) is 6.10 Å². The molecule has 0 spiro atoms. The average molecular weight is 510 g/mol. The normalized spacial score (nSPS) is 11.8. The Hall–Kier alpha value is -3.57. The van der Waals surface area contributed by atoms with Crippen molar-refractivity contribution in [3.63, 3.8) is 0 Å². The summed E-state index contributed by atoms with van der Waals surface area (Å²) in [7, 11) is 0. The monoisotopic (exact) mass is 509 g/mol. The Morgan fingerprint density at radius 3 is 1.53 bits per heavy atom. The fourth-order valence-electron chi connectivity index (χ4n) is 4.43. The molecule has 0 aliphatic heterocycles. The summed E-state index contributed by atoms with van der Waals surface area (Å²) < 4.78 is 5.86. The van der Waals surface area contributed by atoms with Crippen molar-refractivity contribution in [2.24, 2.45) is 0 Å². The molecule has 5 nitrogen and oxygen atoms in total. The molecule has 0 saturated carbocycles. The number of rotatable bonds is 15. The first-order chi connectivity index (χ1) is 18.7. The molecule has 0 aliphatic carbocycles. The summed E-state index contributed by atoms with van der Waals surface area (Å²) in [5, 5.41) is 10.3. The van der Waals surface area contributed by atoms with Crippen LogP contribution in [0, 0.1) is 0 Å². The number of hydrogen-bond acceptors (Lipinski definition) is 5. The van der Waals surface area contributed by atoms with E-state index >= 15 is 0 Å². The third kappa shape index (κ3) is 8.49. The highest BCUT2D eigenvalue weighted by Gasteiger charge is 2.12. The molecule has 1 N–H and O–H groups in total. The summed E-state index contributed by atoms with van der Waals surface area (Å²) in [6, 6.07) is 27.6. The van der Waals surface area contributed by atoms with Gasteiger partial charge in [-0.15, -0.1) is 0 Å². The van der Waals surface area contributed by atoms with E-state index in [0.717, 1.165) is 35.3 Å². The molecule has 3 aromatic carbocycles. The lowest BCUT2D eigenvalue weighted by Gasteiger charge is -2.13. The molecule has 0 amide bonds. The van der Waals surface area contributed by atoms with Gasteiger partial charge in [-0.3, -0.25) is 0 Å². The van der Waals surface area contributed by atoms with E-state index in [1.54, 1.807) is 0 Å². The van der Waals surface area contributed by atoms with E-state index in [1.165, 1.54) is 44.9 Å². The molecule has 198 valence electrons. The number of hydrogen-bond donors (Lipinski definition) is 1. The zero-order chi connectivity index (χ0) is 26.4. The number of nitrogens with zero attached hydrogens (tertiary/aromatic N) is 3. The van der Waals surface area contributed by atoms with Crippen LogP contribution in [0.3, 0.4) is 0 Å². The highest BCUT2D eigenvalue weighted by Crippen LogP contribution is 2.26. The Bertz CT molecular complexity index is 1160. The van der Waals surface area contributed by atoms with Gasteiger partial charge in [0.1, 0.15) is 12.4 Å². The maximum Gasteiger partial charge on any atom is 0.164 e. The van der Waals surface area contributed by atoms with E-state index in [9.17, 15) is 5.11 Å². The van der Waals surface area contributed by atoms with E-state index < -0.39 is 6.10 Å². The minimum atomic E-state index is -0.444. The number of aliphatic hydroxyl groups excluding tert-OH is 1. The minimum absolute atomic E-state index is 0.303. The topological polar surface area (TPSA) is 68.1 Å². The molecule has 1 heterocycles. The maximum atomic E-state index is 10.3. The van der Waals surface area contributed by atoms with Gasteiger partial charge in [-0.2, -0.15) is 0 Å². The van der Waals surface area contributed by atoms with E-state index in [2.05, 4.69) is 6.92 Å². The fourth-order valence-corrected chi connectivity index (χ4v) is 4.43. The molecule has 1 unspecified atom stereocenters. The van der Waals surface area contributed by atoms with E-state index in [0.29, 0.717) is 24.1 Å². The molecule has 5 heteroatoms. The molecule has 0 fully saturated rings. The van der Waals surface area contributed by atoms with Gasteiger partial charge in [0, 0.05) is 16.7 Å². The zero-order valence-corrected chi connectivity index (χ0v) is 22.4. The molecular formula is C33H39N3O2. The number of benzene rings is 3. The second-order valence-electron chi connectivity index (χ2n) is 9.79. The van der Waals surface area contributed by atoms with Crippen LogP contribution in [0.2, 0.25) is 0 Å². The Morgan fingerprint density at radius 1 is 0.579 bits per heavy atom. The van der Waals surface area contributed by atoms with Gasteiger partial charge in [-0.25, -0.2) is 15.0 Å². The van der Waals surface area contributed by atoms with Gasteiger partial charge in [0.15, 0.2) is 17.5 Å². The van der Waals surface area contributed by atoms with Crippen LogP contribution in [0.1, 0.15) is 64.7 Å². The number of unbranched alkanes of at least 4 members (excludes halogenated alkanes) is 7. The third-order valence-corrected chi connectivity index (χ3v) is 6.65. The molecule has 1 atom stereocenters. The molecule has 0 bridgehead atoms. The summed E-state index contributed by atoms with van der Waals surface area (Å²) in [6.07, 6.45) is 10.4. The quantitative estimate of drug-likeness (QED) is 0.164. The largest absolute Gasteiger partial charge is 0.491 e. The number of ether oxygens (including phenoxy) is 1. The van der Waals surface area contributed by atoms with Crippen LogP contribution in [-0.2, 0) is 0 Å². The van der Waals surface area contributed by atoms with Crippen LogP contribution in [0.5, 0.6) is 5.75 Å². The standard InChI is InChI=1S/C33H39N3O2/c1-2-3-4-5-6-7-8-15-20-29(37)25-38-30-23-21-28(22-24-30)33-35-31(26-16-11-9-12-17-26)34-32(36-33)27-18-13-10-14-19-27/h9-14,16-19,21-24,29,37H,2-8,15,20,25H2,1H3. The highest BCUT2D eigenvalue weighted by atomic mass is 16.5. The lowest BCUT2D eigenvalue weighted by molar-refractivity contribution is 0.0975. The van der Waals surface area contributed by atoms with Gasteiger partial charge < -0.3 is 9.84 Å². The Labute approximate surface area is 227 Å². The zero-order valence-electron chi connectivity index (χ0n) is 22.4. The lowest BCUT2D eigenvalue weighted by Crippen LogP contribution is -2.17. The van der Waals surface area contributed by atoms with Crippen molar-refractivity contribution in [3.8, 4) is 39.9 Å².